The quantitative estimate of drug-likeness (QED) is 0.176. The molecular weight excluding hydrogens is 713 g/mol. The van der Waals surface area contributed by atoms with Gasteiger partial charge in [0.2, 0.25) is 0 Å². The summed E-state index contributed by atoms with van der Waals surface area (Å²) in [5.41, 5.74) is 15.3. The lowest BCUT2D eigenvalue weighted by Gasteiger charge is -2.39. The minimum absolute atomic E-state index is 0.486. The van der Waals surface area contributed by atoms with Gasteiger partial charge in [0.25, 0.3) is 0 Å². The SMILES string of the molecule is Cc1nc(-c2ccccc2)ccc1-c1ccc(-c2nc(-c3ccccc3)nc(-c3ccc4c(c3)C3(c5ccccc5S4)c4ccccc4-c4ccccc43)n2)cc1. The molecule has 0 unspecified atom stereocenters. The normalized spacial score (nSPS) is 13.1. The molecule has 0 amide bonds. The van der Waals surface area contributed by atoms with E-state index in [9.17, 15) is 0 Å². The highest BCUT2D eigenvalue weighted by atomic mass is 32.2. The minimum atomic E-state index is -0.486. The van der Waals surface area contributed by atoms with Gasteiger partial charge in [-0.2, -0.15) is 0 Å². The van der Waals surface area contributed by atoms with Crippen LogP contribution in [0.25, 0.3) is 67.7 Å². The van der Waals surface area contributed by atoms with Crippen molar-refractivity contribution in [3.05, 3.63) is 216 Å². The fraction of sp³-hybridized carbons (Fsp3) is 0.0385. The summed E-state index contributed by atoms with van der Waals surface area (Å²) in [6, 6.07) is 66.7. The van der Waals surface area contributed by atoms with Crippen LogP contribution >= 0.6 is 11.8 Å². The van der Waals surface area contributed by atoms with Crippen LogP contribution in [0.3, 0.4) is 0 Å². The van der Waals surface area contributed by atoms with Crippen LogP contribution in [0.15, 0.2) is 198 Å². The maximum absolute atomic E-state index is 5.22. The van der Waals surface area contributed by atoms with E-state index >= 15 is 0 Å². The van der Waals surface area contributed by atoms with Crippen LogP contribution in [-0.4, -0.2) is 19.9 Å². The summed E-state index contributed by atoms with van der Waals surface area (Å²) in [6.07, 6.45) is 0. The van der Waals surface area contributed by atoms with Crippen LogP contribution in [0, 0.1) is 6.92 Å². The van der Waals surface area contributed by atoms with E-state index < -0.39 is 5.41 Å². The molecule has 0 N–H and O–H groups in total. The predicted molar refractivity (Wildman–Crippen MR) is 231 cm³/mol. The molecule has 0 saturated heterocycles. The standard InChI is InChI=1S/C52H34N4S/c1-33-39(29-30-46(53-33)35-14-4-2-5-15-35)34-24-26-37(27-25-34)50-54-49(36-16-6-3-7-17-36)55-51(56-50)38-28-31-48-45(32-38)52(44-22-12-13-23-47(44)57-48)42-20-10-8-18-40(42)41-19-9-11-21-43(41)52/h2-32H,1H3. The van der Waals surface area contributed by atoms with Gasteiger partial charge in [-0.05, 0) is 70.1 Å². The van der Waals surface area contributed by atoms with E-state index in [0.717, 1.165) is 44.8 Å². The van der Waals surface area contributed by atoms with Gasteiger partial charge in [0, 0.05) is 43.3 Å². The van der Waals surface area contributed by atoms with Gasteiger partial charge < -0.3 is 0 Å². The highest BCUT2D eigenvalue weighted by Gasteiger charge is 2.50. The predicted octanol–water partition coefficient (Wildman–Crippen LogP) is 12.7. The van der Waals surface area contributed by atoms with Crippen molar-refractivity contribution in [1.29, 1.82) is 0 Å². The molecule has 5 heteroatoms. The molecule has 268 valence electrons. The molecule has 1 aliphatic carbocycles. The number of aryl methyl sites for hydroxylation is 1. The molecule has 57 heavy (non-hydrogen) atoms. The molecule has 2 aliphatic rings. The smallest absolute Gasteiger partial charge is 0.164 e. The molecular formula is C52H34N4S. The van der Waals surface area contributed by atoms with Crippen molar-refractivity contribution < 1.29 is 0 Å². The van der Waals surface area contributed by atoms with E-state index in [4.69, 9.17) is 19.9 Å². The second kappa shape index (κ2) is 13.4. The number of aromatic nitrogens is 4. The third kappa shape index (κ3) is 5.38. The van der Waals surface area contributed by atoms with E-state index in [-0.39, 0.29) is 0 Å². The molecule has 1 aliphatic heterocycles. The highest BCUT2D eigenvalue weighted by Crippen LogP contribution is 2.62. The van der Waals surface area contributed by atoms with Gasteiger partial charge in [-0.15, -0.1) is 0 Å². The van der Waals surface area contributed by atoms with Gasteiger partial charge in [0.1, 0.15) is 0 Å². The zero-order chi connectivity index (χ0) is 37.9. The maximum Gasteiger partial charge on any atom is 0.164 e. The van der Waals surface area contributed by atoms with Crippen molar-refractivity contribution in [3.8, 4) is 67.7 Å². The van der Waals surface area contributed by atoms with Crippen molar-refractivity contribution in [2.24, 2.45) is 0 Å². The third-order valence-electron chi connectivity index (χ3n) is 11.4. The molecule has 7 aromatic carbocycles. The number of benzene rings is 7. The van der Waals surface area contributed by atoms with Crippen molar-refractivity contribution >= 4 is 11.8 Å². The average molecular weight is 747 g/mol. The number of pyridine rings is 1. The number of hydrogen-bond acceptors (Lipinski definition) is 5. The second-order valence-electron chi connectivity index (χ2n) is 14.6. The molecule has 3 heterocycles. The summed E-state index contributed by atoms with van der Waals surface area (Å²) in [5.74, 6) is 1.91. The largest absolute Gasteiger partial charge is 0.252 e. The van der Waals surface area contributed by atoms with E-state index in [1.165, 1.54) is 43.2 Å². The highest BCUT2D eigenvalue weighted by molar-refractivity contribution is 7.99. The second-order valence-corrected chi connectivity index (χ2v) is 15.7. The first-order chi connectivity index (χ1) is 28.1. The van der Waals surface area contributed by atoms with E-state index in [1.54, 1.807) is 0 Å². The number of fused-ring (bicyclic) bond motifs is 9. The average Bonchev–Trinajstić information content (AvgIpc) is 3.57. The van der Waals surface area contributed by atoms with Crippen LogP contribution in [0.1, 0.15) is 27.9 Å². The molecule has 0 atom stereocenters. The maximum atomic E-state index is 5.22. The lowest BCUT2D eigenvalue weighted by atomic mass is 9.67. The summed E-state index contributed by atoms with van der Waals surface area (Å²) >= 11 is 1.84. The van der Waals surface area contributed by atoms with Crippen LogP contribution in [0.4, 0.5) is 0 Å². The van der Waals surface area contributed by atoms with Crippen LogP contribution in [-0.2, 0) is 5.41 Å². The zero-order valence-corrected chi connectivity index (χ0v) is 31.9. The molecule has 4 nitrogen and oxygen atoms in total. The Morgan fingerprint density at radius 2 is 0.842 bits per heavy atom. The van der Waals surface area contributed by atoms with Crippen LogP contribution in [0.2, 0.25) is 0 Å². The topological polar surface area (TPSA) is 51.6 Å². The molecule has 0 saturated carbocycles. The van der Waals surface area contributed by atoms with Gasteiger partial charge in [0.05, 0.1) is 11.1 Å². The van der Waals surface area contributed by atoms with E-state index in [1.807, 2.05) is 48.2 Å². The Hall–Kier alpha value is -6.95. The van der Waals surface area contributed by atoms with Gasteiger partial charge in [-0.25, -0.2) is 15.0 Å². The Bertz CT molecular complexity index is 2950. The number of hydrogen-bond donors (Lipinski definition) is 0. The fourth-order valence-corrected chi connectivity index (χ4v) is 9.95. The van der Waals surface area contributed by atoms with Crippen molar-refractivity contribution in [2.75, 3.05) is 0 Å². The fourth-order valence-electron chi connectivity index (χ4n) is 8.78. The summed E-state index contributed by atoms with van der Waals surface area (Å²) in [5, 5.41) is 0. The van der Waals surface area contributed by atoms with Crippen molar-refractivity contribution in [3.63, 3.8) is 0 Å². The molecule has 2 aromatic heterocycles. The van der Waals surface area contributed by atoms with Crippen LogP contribution < -0.4 is 0 Å². The molecule has 11 rings (SSSR count). The summed E-state index contributed by atoms with van der Waals surface area (Å²) in [6.45, 7) is 2.07. The summed E-state index contributed by atoms with van der Waals surface area (Å²) in [7, 11) is 0. The first-order valence-electron chi connectivity index (χ1n) is 19.2. The molecule has 9 aromatic rings. The monoisotopic (exact) mass is 746 g/mol. The first kappa shape index (κ1) is 33.4. The van der Waals surface area contributed by atoms with Crippen molar-refractivity contribution in [1.82, 2.24) is 19.9 Å². The molecule has 0 fully saturated rings. The summed E-state index contributed by atoms with van der Waals surface area (Å²) in [4.78, 5) is 22.9. The van der Waals surface area contributed by atoms with Gasteiger partial charge in [0.15, 0.2) is 17.5 Å². The van der Waals surface area contributed by atoms with Crippen LogP contribution in [0.5, 0.6) is 0 Å². The lowest BCUT2D eigenvalue weighted by molar-refractivity contribution is 0.722. The molecule has 1 spiro atoms. The van der Waals surface area contributed by atoms with Gasteiger partial charge >= 0.3 is 0 Å². The Morgan fingerprint density at radius 1 is 0.351 bits per heavy atom. The molecule has 0 bridgehead atoms. The zero-order valence-electron chi connectivity index (χ0n) is 31.1. The Balaban J connectivity index is 1.05. The van der Waals surface area contributed by atoms with Crippen molar-refractivity contribution in [2.45, 2.75) is 22.1 Å². The third-order valence-corrected chi connectivity index (χ3v) is 12.5. The Kier molecular flexibility index (Phi) is 7.83. The van der Waals surface area contributed by atoms with Gasteiger partial charge in [-0.1, -0.05) is 176 Å². The lowest BCUT2D eigenvalue weighted by Crippen LogP contribution is -2.32. The number of nitrogens with zero attached hydrogens (tertiary/aromatic N) is 4. The Morgan fingerprint density at radius 3 is 1.49 bits per heavy atom. The number of rotatable bonds is 5. The van der Waals surface area contributed by atoms with E-state index in [2.05, 4.69) is 159 Å². The Labute approximate surface area is 336 Å². The summed E-state index contributed by atoms with van der Waals surface area (Å²) < 4.78 is 0. The van der Waals surface area contributed by atoms with Gasteiger partial charge in [-0.3, -0.25) is 4.98 Å². The van der Waals surface area contributed by atoms with E-state index in [0.29, 0.717) is 17.5 Å². The molecule has 0 radical (unpaired) electrons. The first-order valence-corrected chi connectivity index (χ1v) is 20.0. The minimum Gasteiger partial charge on any atom is -0.252 e.